The molecule has 0 aliphatic heterocycles. The summed E-state index contributed by atoms with van der Waals surface area (Å²) in [6, 6.07) is 0.0461. The molecule has 1 aliphatic carbocycles. The first-order chi connectivity index (χ1) is 11.3. The van der Waals surface area contributed by atoms with Crippen molar-refractivity contribution in [2.75, 3.05) is 32.2 Å². The molecule has 0 aromatic heterocycles. The molecule has 0 radical (unpaired) electrons. The predicted molar refractivity (Wildman–Crippen MR) is 116 cm³/mol. The fraction of sp³-hybridized carbons (Fsp3) is 0.941. The highest BCUT2D eigenvalue weighted by molar-refractivity contribution is 14.0. The van der Waals surface area contributed by atoms with Crippen LogP contribution in [0.3, 0.4) is 0 Å². The highest BCUT2D eigenvalue weighted by atomic mass is 127. The van der Waals surface area contributed by atoms with Crippen molar-refractivity contribution in [3.63, 3.8) is 0 Å². The second-order valence-corrected chi connectivity index (χ2v) is 9.24. The smallest absolute Gasteiger partial charge is 0.191 e. The maximum atomic E-state index is 11.3. The molecular weight excluding hydrogens is 453 g/mol. The summed E-state index contributed by atoms with van der Waals surface area (Å²) in [5.41, 5.74) is -0.0954. The van der Waals surface area contributed by atoms with Crippen LogP contribution in [0.15, 0.2) is 4.99 Å². The van der Waals surface area contributed by atoms with E-state index in [1.807, 2.05) is 6.92 Å². The summed E-state index contributed by atoms with van der Waals surface area (Å²) < 4.78 is 28.7. The normalized spacial score (nSPS) is 19.0. The van der Waals surface area contributed by atoms with Crippen LogP contribution in [-0.4, -0.2) is 58.2 Å². The van der Waals surface area contributed by atoms with Crippen LogP contribution >= 0.6 is 24.0 Å². The minimum Gasteiger partial charge on any atom is -0.373 e. The Morgan fingerprint density at radius 2 is 1.92 bits per heavy atom. The topological polar surface area (TPSA) is 79.8 Å². The van der Waals surface area contributed by atoms with Gasteiger partial charge in [0.15, 0.2) is 5.96 Å². The number of rotatable bonds is 9. The first-order valence-electron chi connectivity index (χ1n) is 9.09. The lowest BCUT2D eigenvalue weighted by molar-refractivity contribution is -0.0657. The Balaban J connectivity index is 0.00000576. The van der Waals surface area contributed by atoms with E-state index in [1.165, 1.54) is 25.5 Å². The monoisotopic (exact) mass is 489 g/mol. The van der Waals surface area contributed by atoms with E-state index in [2.05, 4.69) is 22.5 Å². The van der Waals surface area contributed by atoms with Gasteiger partial charge < -0.3 is 15.4 Å². The lowest BCUT2D eigenvalue weighted by atomic mass is 9.84. The van der Waals surface area contributed by atoms with Crippen LogP contribution in [0.2, 0.25) is 0 Å². The van der Waals surface area contributed by atoms with Gasteiger partial charge in [-0.25, -0.2) is 8.42 Å². The average Bonchev–Trinajstić information content (AvgIpc) is 2.55. The molecule has 1 aliphatic rings. The summed E-state index contributed by atoms with van der Waals surface area (Å²) in [6.07, 6.45) is 8.73. The van der Waals surface area contributed by atoms with Crippen molar-refractivity contribution in [2.45, 2.75) is 70.4 Å². The zero-order valence-electron chi connectivity index (χ0n) is 16.1. The van der Waals surface area contributed by atoms with E-state index in [-0.39, 0.29) is 41.4 Å². The highest BCUT2D eigenvalue weighted by Gasteiger charge is 2.33. The Hall–Kier alpha value is -0.0900. The minimum absolute atomic E-state index is 0. The number of nitrogens with one attached hydrogen (secondary N) is 2. The molecule has 2 N–H and O–H groups in total. The number of nitrogens with zero attached hydrogens (tertiary/aromatic N) is 1. The van der Waals surface area contributed by atoms with Crippen molar-refractivity contribution >= 4 is 39.8 Å². The minimum atomic E-state index is -2.93. The van der Waals surface area contributed by atoms with Gasteiger partial charge in [0, 0.05) is 32.5 Å². The number of hydrogen-bond donors (Lipinski definition) is 2. The SMILES string of the molecule is CCCOC1(CNC(=NC)NC(C)CCS(C)(=O)=O)CCCCC1.I. The zero-order chi connectivity index (χ0) is 18.1. The molecule has 1 fully saturated rings. The molecule has 0 aromatic carbocycles. The van der Waals surface area contributed by atoms with Gasteiger partial charge in [-0.2, -0.15) is 0 Å². The van der Waals surface area contributed by atoms with Crippen molar-refractivity contribution in [3.05, 3.63) is 0 Å². The third-order valence-corrected chi connectivity index (χ3v) is 5.46. The molecule has 8 heteroatoms. The molecule has 1 unspecified atom stereocenters. The average molecular weight is 489 g/mol. The van der Waals surface area contributed by atoms with Gasteiger partial charge in [0.2, 0.25) is 0 Å². The van der Waals surface area contributed by atoms with Crippen LogP contribution in [0, 0.1) is 0 Å². The molecule has 0 spiro atoms. The van der Waals surface area contributed by atoms with Crippen molar-refractivity contribution in [1.29, 1.82) is 0 Å². The number of ether oxygens (including phenoxy) is 1. The van der Waals surface area contributed by atoms with Gasteiger partial charge in [0.1, 0.15) is 9.84 Å². The van der Waals surface area contributed by atoms with Crippen molar-refractivity contribution in [1.82, 2.24) is 10.6 Å². The molecule has 1 atom stereocenters. The highest BCUT2D eigenvalue weighted by Crippen LogP contribution is 2.31. The molecule has 1 rings (SSSR count). The number of hydrogen-bond acceptors (Lipinski definition) is 4. The molecule has 0 heterocycles. The maximum Gasteiger partial charge on any atom is 0.191 e. The van der Waals surface area contributed by atoms with Gasteiger partial charge >= 0.3 is 0 Å². The zero-order valence-corrected chi connectivity index (χ0v) is 19.3. The van der Waals surface area contributed by atoms with Gasteiger partial charge in [0.25, 0.3) is 0 Å². The summed E-state index contributed by atoms with van der Waals surface area (Å²) in [6.45, 7) is 5.64. The second kappa shape index (κ2) is 12.3. The van der Waals surface area contributed by atoms with Crippen molar-refractivity contribution in [2.24, 2.45) is 4.99 Å². The molecule has 0 saturated heterocycles. The molecule has 0 amide bonds. The van der Waals surface area contributed by atoms with Gasteiger partial charge in [-0.05, 0) is 32.6 Å². The Morgan fingerprint density at radius 1 is 1.28 bits per heavy atom. The third-order valence-electron chi connectivity index (χ3n) is 4.48. The number of guanidine groups is 1. The summed E-state index contributed by atoms with van der Waals surface area (Å²) in [7, 11) is -1.20. The van der Waals surface area contributed by atoms with E-state index in [0.717, 1.165) is 32.4 Å². The fourth-order valence-electron chi connectivity index (χ4n) is 3.02. The van der Waals surface area contributed by atoms with Gasteiger partial charge in [-0.3, -0.25) is 4.99 Å². The third kappa shape index (κ3) is 10.6. The van der Waals surface area contributed by atoms with Crippen LogP contribution in [0.25, 0.3) is 0 Å². The van der Waals surface area contributed by atoms with Crippen molar-refractivity contribution in [3.8, 4) is 0 Å². The summed E-state index contributed by atoms with van der Waals surface area (Å²) >= 11 is 0. The molecule has 0 aromatic rings. The molecule has 1 saturated carbocycles. The van der Waals surface area contributed by atoms with Gasteiger partial charge in [0.05, 0.1) is 11.4 Å². The van der Waals surface area contributed by atoms with E-state index in [0.29, 0.717) is 12.4 Å². The molecule has 6 nitrogen and oxygen atoms in total. The molecule has 0 bridgehead atoms. The van der Waals surface area contributed by atoms with Gasteiger partial charge in [-0.15, -0.1) is 24.0 Å². The summed E-state index contributed by atoms with van der Waals surface area (Å²) in [4.78, 5) is 4.26. The van der Waals surface area contributed by atoms with E-state index < -0.39 is 9.84 Å². The van der Waals surface area contributed by atoms with E-state index in [4.69, 9.17) is 4.74 Å². The van der Waals surface area contributed by atoms with Crippen LogP contribution < -0.4 is 10.6 Å². The molecular formula is C17H36IN3O3S. The Kier molecular flexibility index (Phi) is 12.3. The largest absolute Gasteiger partial charge is 0.373 e. The number of sulfone groups is 1. The standard InChI is InChI=1S/C17H35N3O3S.HI/c1-5-12-23-17(10-7-6-8-11-17)14-19-16(18-3)20-15(2)9-13-24(4,21)22;/h15H,5-14H2,1-4H3,(H2,18,19,20);1H. The van der Waals surface area contributed by atoms with Crippen LogP contribution in [-0.2, 0) is 14.6 Å². The lowest BCUT2D eigenvalue weighted by Gasteiger charge is -2.38. The summed E-state index contributed by atoms with van der Waals surface area (Å²) in [5.74, 6) is 0.892. The fourth-order valence-corrected chi connectivity index (χ4v) is 3.80. The maximum absolute atomic E-state index is 11.3. The van der Waals surface area contributed by atoms with E-state index in [1.54, 1.807) is 7.05 Å². The van der Waals surface area contributed by atoms with E-state index >= 15 is 0 Å². The summed E-state index contributed by atoms with van der Waals surface area (Å²) in [5, 5.41) is 6.65. The van der Waals surface area contributed by atoms with Crippen LogP contribution in [0.5, 0.6) is 0 Å². The lowest BCUT2D eigenvalue weighted by Crippen LogP contribution is -2.51. The number of halogens is 1. The Bertz CT molecular complexity index is 491. The Morgan fingerprint density at radius 3 is 2.44 bits per heavy atom. The predicted octanol–water partition coefficient (Wildman–Crippen LogP) is 2.72. The second-order valence-electron chi connectivity index (χ2n) is 6.98. The van der Waals surface area contributed by atoms with Crippen LogP contribution in [0.1, 0.15) is 58.8 Å². The number of aliphatic imine (C=N–C) groups is 1. The molecule has 150 valence electrons. The molecule has 25 heavy (non-hydrogen) atoms. The first-order valence-corrected chi connectivity index (χ1v) is 11.1. The van der Waals surface area contributed by atoms with E-state index in [9.17, 15) is 8.42 Å². The van der Waals surface area contributed by atoms with Crippen LogP contribution in [0.4, 0.5) is 0 Å². The van der Waals surface area contributed by atoms with Gasteiger partial charge in [-0.1, -0.05) is 26.2 Å². The Labute approximate surface area is 170 Å². The van der Waals surface area contributed by atoms with Crippen molar-refractivity contribution < 1.29 is 13.2 Å². The first kappa shape index (κ1) is 24.9. The quantitative estimate of drug-likeness (QED) is 0.296.